The van der Waals surface area contributed by atoms with Crippen LogP contribution >= 0.6 is 11.8 Å². The van der Waals surface area contributed by atoms with Gasteiger partial charge in [0.2, 0.25) is 5.95 Å². The lowest BCUT2D eigenvalue weighted by Crippen LogP contribution is -2.02. The number of hydrogen-bond acceptors (Lipinski definition) is 6. The SMILES string of the molecule is CCCCSc1ccoc1-c1cc2ncnn2c(N)n1. The molecule has 0 atom stereocenters. The van der Waals surface area contributed by atoms with Crippen LogP contribution in [0.5, 0.6) is 0 Å². The molecule has 0 amide bonds. The zero-order chi connectivity index (χ0) is 13.9. The molecule has 0 bridgehead atoms. The Morgan fingerprint density at radius 3 is 3.20 bits per heavy atom. The van der Waals surface area contributed by atoms with E-state index in [0.29, 0.717) is 17.3 Å². The van der Waals surface area contributed by atoms with Gasteiger partial charge in [-0.2, -0.15) is 9.61 Å². The van der Waals surface area contributed by atoms with Crippen molar-refractivity contribution in [2.75, 3.05) is 11.5 Å². The molecule has 2 N–H and O–H groups in total. The van der Waals surface area contributed by atoms with Crippen molar-refractivity contribution in [2.24, 2.45) is 0 Å². The summed E-state index contributed by atoms with van der Waals surface area (Å²) in [4.78, 5) is 9.55. The predicted molar refractivity (Wildman–Crippen MR) is 78.5 cm³/mol. The lowest BCUT2D eigenvalue weighted by molar-refractivity contribution is 0.575. The summed E-state index contributed by atoms with van der Waals surface area (Å²) in [6.45, 7) is 2.18. The van der Waals surface area contributed by atoms with E-state index in [4.69, 9.17) is 10.2 Å². The number of rotatable bonds is 5. The first kappa shape index (κ1) is 13.0. The molecule has 7 heteroatoms. The molecule has 0 fully saturated rings. The highest BCUT2D eigenvalue weighted by Gasteiger charge is 2.14. The van der Waals surface area contributed by atoms with Crippen LogP contribution in [0.2, 0.25) is 0 Å². The monoisotopic (exact) mass is 289 g/mol. The molecular weight excluding hydrogens is 274 g/mol. The van der Waals surface area contributed by atoms with Crippen LogP contribution in [-0.4, -0.2) is 25.3 Å². The van der Waals surface area contributed by atoms with E-state index in [1.165, 1.54) is 23.7 Å². The van der Waals surface area contributed by atoms with Crippen LogP contribution in [0.3, 0.4) is 0 Å². The molecule has 20 heavy (non-hydrogen) atoms. The van der Waals surface area contributed by atoms with Crippen LogP contribution < -0.4 is 5.73 Å². The van der Waals surface area contributed by atoms with Gasteiger partial charge in [-0.1, -0.05) is 13.3 Å². The molecular formula is C13H15N5OS. The van der Waals surface area contributed by atoms with E-state index in [9.17, 15) is 0 Å². The average molecular weight is 289 g/mol. The Morgan fingerprint density at radius 1 is 1.45 bits per heavy atom. The topological polar surface area (TPSA) is 82.2 Å². The van der Waals surface area contributed by atoms with E-state index < -0.39 is 0 Å². The number of furan rings is 1. The number of nitrogen functional groups attached to an aromatic ring is 1. The van der Waals surface area contributed by atoms with Crippen molar-refractivity contribution in [3.8, 4) is 11.5 Å². The van der Waals surface area contributed by atoms with Crippen molar-refractivity contribution in [1.29, 1.82) is 0 Å². The molecule has 0 saturated heterocycles. The number of thioether (sulfide) groups is 1. The normalized spacial score (nSPS) is 11.2. The van der Waals surface area contributed by atoms with Crippen LogP contribution in [0.4, 0.5) is 5.95 Å². The Bertz CT molecular complexity index is 720. The fourth-order valence-electron chi connectivity index (χ4n) is 1.89. The van der Waals surface area contributed by atoms with Gasteiger partial charge in [-0.15, -0.1) is 11.8 Å². The van der Waals surface area contributed by atoms with Gasteiger partial charge in [-0.25, -0.2) is 9.97 Å². The van der Waals surface area contributed by atoms with E-state index in [1.54, 1.807) is 18.0 Å². The number of nitrogens with two attached hydrogens (primary N) is 1. The molecule has 3 heterocycles. The minimum Gasteiger partial charge on any atom is -0.461 e. The van der Waals surface area contributed by atoms with Gasteiger partial charge in [0.15, 0.2) is 11.4 Å². The maximum Gasteiger partial charge on any atom is 0.223 e. The second kappa shape index (κ2) is 5.54. The highest BCUT2D eigenvalue weighted by molar-refractivity contribution is 7.99. The number of nitrogens with zero attached hydrogens (tertiary/aromatic N) is 4. The minimum absolute atomic E-state index is 0.302. The van der Waals surface area contributed by atoms with Gasteiger partial charge in [0, 0.05) is 6.07 Å². The van der Waals surface area contributed by atoms with E-state index >= 15 is 0 Å². The summed E-state index contributed by atoms with van der Waals surface area (Å²) in [6.07, 6.45) is 5.48. The van der Waals surface area contributed by atoms with Crippen molar-refractivity contribution < 1.29 is 4.42 Å². The standard InChI is InChI=1S/C13H15N5OS/c1-2-3-6-20-10-4-5-19-12(10)9-7-11-15-8-16-18(11)13(14)17-9/h4-5,7-8H,2-3,6H2,1H3,(H2,14,17). The third-order valence-corrected chi connectivity index (χ3v) is 4.03. The highest BCUT2D eigenvalue weighted by Crippen LogP contribution is 2.32. The Hall–Kier alpha value is -2.02. The summed E-state index contributed by atoms with van der Waals surface area (Å²) in [5.41, 5.74) is 7.23. The molecule has 3 aromatic rings. The number of anilines is 1. The van der Waals surface area contributed by atoms with Gasteiger partial charge < -0.3 is 10.2 Å². The van der Waals surface area contributed by atoms with Crippen molar-refractivity contribution in [3.63, 3.8) is 0 Å². The summed E-state index contributed by atoms with van der Waals surface area (Å²) >= 11 is 1.77. The first-order chi connectivity index (χ1) is 9.79. The Morgan fingerprint density at radius 2 is 2.35 bits per heavy atom. The van der Waals surface area contributed by atoms with E-state index in [1.807, 2.05) is 12.1 Å². The molecule has 0 spiro atoms. The first-order valence-corrected chi connectivity index (χ1v) is 7.45. The summed E-state index contributed by atoms with van der Waals surface area (Å²) in [5, 5.41) is 4.01. The molecule has 0 radical (unpaired) electrons. The van der Waals surface area contributed by atoms with Gasteiger partial charge in [0.25, 0.3) is 0 Å². The summed E-state index contributed by atoms with van der Waals surface area (Å²) in [7, 11) is 0. The zero-order valence-corrected chi connectivity index (χ0v) is 11.9. The Balaban J connectivity index is 1.96. The Kier molecular flexibility index (Phi) is 3.60. The van der Waals surface area contributed by atoms with Gasteiger partial charge in [0.05, 0.1) is 11.2 Å². The van der Waals surface area contributed by atoms with Crippen molar-refractivity contribution in [1.82, 2.24) is 19.6 Å². The van der Waals surface area contributed by atoms with E-state index in [0.717, 1.165) is 16.4 Å². The molecule has 6 nitrogen and oxygen atoms in total. The summed E-state index contributed by atoms with van der Waals surface area (Å²) in [6, 6.07) is 3.79. The van der Waals surface area contributed by atoms with Crippen molar-refractivity contribution >= 4 is 23.4 Å². The fraction of sp³-hybridized carbons (Fsp3) is 0.308. The lowest BCUT2D eigenvalue weighted by Gasteiger charge is -2.04. The molecule has 0 aliphatic carbocycles. The first-order valence-electron chi connectivity index (χ1n) is 6.46. The molecule has 0 saturated carbocycles. The molecule has 3 aromatic heterocycles. The number of aromatic nitrogens is 4. The Labute approximate surface area is 120 Å². The van der Waals surface area contributed by atoms with E-state index in [2.05, 4.69) is 22.0 Å². The number of unbranched alkanes of at least 4 members (excludes halogenated alkanes) is 1. The molecule has 0 unspecified atom stereocenters. The molecule has 3 rings (SSSR count). The zero-order valence-electron chi connectivity index (χ0n) is 11.1. The van der Waals surface area contributed by atoms with Gasteiger partial charge in [-0.3, -0.25) is 0 Å². The van der Waals surface area contributed by atoms with Crippen LogP contribution in [0.1, 0.15) is 19.8 Å². The van der Waals surface area contributed by atoms with E-state index in [-0.39, 0.29) is 0 Å². The maximum atomic E-state index is 5.88. The second-order valence-electron chi connectivity index (χ2n) is 4.35. The summed E-state index contributed by atoms with van der Waals surface area (Å²) < 4.78 is 7.06. The van der Waals surface area contributed by atoms with Gasteiger partial charge in [-0.05, 0) is 18.2 Å². The van der Waals surface area contributed by atoms with Crippen LogP contribution in [0.25, 0.3) is 17.1 Å². The fourth-order valence-corrected chi connectivity index (χ4v) is 2.98. The average Bonchev–Trinajstić information content (AvgIpc) is 3.07. The summed E-state index contributed by atoms with van der Waals surface area (Å²) in [5.74, 6) is 2.10. The number of fused-ring (bicyclic) bond motifs is 1. The third kappa shape index (κ3) is 2.36. The molecule has 0 aliphatic heterocycles. The third-order valence-electron chi connectivity index (χ3n) is 2.91. The predicted octanol–water partition coefficient (Wildman–Crippen LogP) is 2.86. The van der Waals surface area contributed by atoms with Gasteiger partial charge >= 0.3 is 0 Å². The van der Waals surface area contributed by atoms with Crippen LogP contribution in [-0.2, 0) is 0 Å². The van der Waals surface area contributed by atoms with Crippen molar-refractivity contribution in [3.05, 3.63) is 24.7 Å². The van der Waals surface area contributed by atoms with Crippen molar-refractivity contribution in [2.45, 2.75) is 24.7 Å². The quantitative estimate of drug-likeness (QED) is 0.574. The molecule has 104 valence electrons. The largest absolute Gasteiger partial charge is 0.461 e. The highest BCUT2D eigenvalue weighted by atomic mass is 32.2. The number of hydrogen-bond donors (Lipinski definition) is 1. The lowest BCUT2D eigenvalue weighted by atomic mass is 10.3. The second-order valence-corrected chi connectivity index (χ2v) is 5.48. The smallest absolute Gasteiger partial charge is 0.223 e. The maximum absolute atomic E-state index is 5.88. The van der Waals surface area contributed by atoms with Gasteiger partial charge in [0.1, 0.15) is 12.0 Å². The van der Waals surface area contributed by atoms with Crippen LogP contribution in [0, 0.1) is 0 Å². The van der Waals surface area contributed by atoms with Crippen LogP contribution in [0.15, 0.2) is 34.0 Å². The molecule has 0 aliphatic rings. The molecule has 0 aromatic carbocycles. The minimum atomic E-state index is 0.302.